The maximum absolute atomic E-state index is 5.22. The fourth-order valence-electron chi connectivity index (χ4n) is 8.50. The van der Waals surface area contributed by atoms with E-state index in [0.29, 0.717) is 17.5 Å². The van der Waals surface area contributed by atoms with Crippen LogP contribution < -0.4 is 0 Å². The average molecular weight is 763 g/mol. The van der Waals surface area contributed by atoms with Crippen molar-refractivity contribution in [3.05, 3.63) is 182 Å². The average Bonchev–Trinajstić information content (AvgIpc) is 3.96. The number of nitrogens with zero attached hydrogens (tertiary/aromatic N) is 4. The van der Waals surface area contributed by atoms with Crippen LogP contribution in [0.5, 0.6) is 0 Å². The summed E-state index contributed by atoms with van der Waals surface area (Å²) in [5.41, 5.74) is 8.96. The first-order valence-corrected chi connectivity index (χ1v) is 20.7. The highest BCUT2D eigenvalue weighted by Crippen LogP contribution is 2.43. The highest BCUT2D eigenvalue weighted by Gasteiger charge is 2.19. The molecule has 12 rings (SSSR count). The number of fused-ring (bicyclic) bond motifs is 9. The molecule has 12 aromatic rings. The number of rotatable bonds is 5. The van der Waals surface area contributed by atoms with Gasteiger partial charge in [-0.25, -0.2) is 15.0 Å². The number of hydrogen-bond acceptors (Lipinski definition) is 5. The van der Waals surface area contributed by atoms with Gasteiger partial charge in [0.2, 0.25) is 0 Å². The SMILES string of the molecule is c1ccc(-c2nc(-c3ccc4sc5cc(-c6cccc7c6c6ccccc6n7-c6ccccc6)ccc5c4c3)nc(-c3cccc4sc5ccccc5c34)n2)cc1. The van der Waals surface area contributed by atoms with E-state index in [4.69, 9.17) is 15.0 Å². The Morgan fingerprint density at radius 3 is 1.84 bits per heavy atom. The molecule has 0 aliphatic carbocycles. The van der Waals surface area contributed by atoms with E-state index in [1.807, 2.05) is 29.5 Å². The lowest BCUT2D eigenvalue weighted by molar-refractivity contribution is 1.08. The van der Waals surface area contributed by atoms with Gasteiger partial charge in [0.05, 0.1) is 11.0 Å². The lowest BCUT2D eigenvalue weighted by Gasteiger charge is -2.10. The normalized spacial score (nSPS) is 11.9. The van der Waals surface area contributed by atoms with Gasteiger partial charge < -0.3 is 4.57 Å². The zero-order valence-corrected chi connectivity index (χ0v) is 32.1. The fourth-order valence-corrected chi connectivity index (χ4v) is 10.8. The Hall–Kier alpha value is -6.99. The monoisotopic (exact) mass is 762 g/mol. The number of thiophene rings is 2. The summed E-state index contributed by atoms with van der Waals surface area (Å²) in [6.07, 6.45) is 0. The standard InChI is InChI=1S/C51H30N4S2/c1-3-13-31(14-4-1)49-52-50(54-51(53-49)39-20-12-24-45-48(39)38-18-8-10-23-43(38)56-45)33-26-28-44-40(29-33)36-27-25-32(30-46(36)57-44)35-19-11-22-42-47(35)37-17-7-9-21-41(37)55(42)34-15-5-2-6-16-34/h1-30H. The van der Waals surface area contributed by atoms with Gasteiger partial charge in [0.15, 0.2) is 17.5 Å². The first-order chi connectivity index (χ1) is 28.2. The summed E-state index contributed by atoms with van der Waals surface area (Å²) >= 11 is 3.64. The first-order valence-electron chi connectivity index (χ1n) is 19.0. The van der Waals surface area contributed by atoms with Crippen LogP contribution in [0.2, 0.25) is 0 Å². The van der Waals surface area contributed by atoms with Crippen molar-refractivity contribution in [1.82, 2.24) is 19.5 Å². The van der Waals surface area contributed by atoms with Crippen LogP contribution in [0.4, 0.5) is 0 Å². The molecule has 0 unspecified atom stereocenters. The van der Waals surface area contributed by atoms with Crippen molar-refractivity contribution in [2.75, 3.05) is 0 Å². The third kappa shape index (κ3) is 5.15. The van der Waals surface area contributed by atoms with Gasteiger partial charge in [-0.2, -0.15) is 0 Å². The lowest BCUT2D eigenvalue weighted by atomic mass is 9.98. The molecule has 4 aromatic heterocycles. The van der Waals surface area contributed by atoms with E-state index in [0.717, 1.165) is 22.4 Å². The molecular formula is C51H30N4S2. The Labute approximate surface area is 335 Å². The smallest absolute Gasteiger partial charge is 0.164 e. The predicted octanol–water partition coefficient (Wildman–Crippen LogP) is 14.4. The van der Waals surface area contributed by atoms with Crippen molar-refractivity contribution in [2.24, 2.45) is 0 Å². The van der Waals surface area contributed by atoms with E-state index in [1.54, 1.807) is 11.3 Å². The second-order valence-electron chi connectivity index (χ2n) is 14.4. The molecule has 0 aliphatic heterocycles. The van der Waals surface area contributed by atoms with E-state index in [-0.39, 0.29) is 0 Å². The minimum atomic E-state index is 0.662. The third-order valence-corrected chi connectivity index (χ3v) is 13.3. The Kier molecular flexibility index (Phi) is 7.24. The molecule has 4 heterocycles. The number of aromatic nitrogens is 4. The quantitative estimate of drug-likeness (QED) is 0.175. The Bertz CT molecular complexity index is 3530. The fraction of sp³-hybridized carbons (Fsp3) is 0. The van der Waals surface area contributed by atoms with Crippen molar-refractivity contribution in [2.45, 2.75) is 0 Å². The van der Waals surface area contributed by atoms with Crippen molar-refractivity contribution in [3.63, 3.8) is 0 Å². The molecule has 0 radical (unpaired) electrons. The van der Waals surface area contributed by atoms with Gasteiger partial charge >= 0.3 is 0 Å². The second-order valence-corrected chi connectivity index (χ2v) is 16.5. The van der Waals surface area contributed by atoms with E-state index >= 15 is 0 Å². The van der Waals surface area contributed by atoms with E-state index in [2.05, 4.69) is 168 Å². The minimum absolute atomic E-state index is 0.662. The van der Waals surface area contributed by atoms with Crippen molar-refractivity contribution in [3.8, 4) is 51.0 Å². The summed E-state index contributed by atoms with van der Waals surface area (Å²) in [5.74, 6) is 2.00. The van der Waals surface area contributed by atoms with E-state index < -0.39 is 0 Å². The maximum Gasteiger partial charge on any atom is 0.164 e. The maximum atomic E-state index is 5.22. The topological polar surface area (TPSA) is 43.6 Å². The van der Waals surface area contributed by atoms with Crippen LogP contribution in [0.1, 0.15) is 0 Å². The second kappa shape index (κ2) is 12.8. The number of hydrogen-bond donors (Lipinski definition) is 0. The molecule has 0 spiro atoms. The van der Waals surface area contributed by atoms with E-state index in [9.17, 15) is 0 Å². The van der Waals surface area contributed by atoms with Crippen molar-refractivity contribution in [1.29, 1.82) is 0 Å². The number of benzene rings is 8. The largest absolute Gasteiger partial charge is 0.309 e. The van der Waals surface area contributed by atoms with Crippen LogP contribution in [0.25, 0.3) is 113 Å². The summed E-state index contributed by atoms with van der Waals surface area (Å²) in [5, 5.41) is 7.36. The van der Waals surface area contributed by atoms with Gasteiger partial charge in [0, 0.05) is 73.5 Å². The molecule has 0 saturated carbocycles. The van der Waals surface area contributed by atoms with Gasteiger partial charge in [-0.05, 0) is 71.8 Å². The molecule has 266 valence electrons. The molecule has 0 fully saturated rings. The molecular weight excluding hydrogens is 733 g/mol. The van der Waals surface area contributed by atoms with Crippen LogP contribution in [0.3, 0.4) is 0 Å². The predicted molar refractivity (Wildman–Crippen MR) is 242 cm³/mol. The van der Waals surface area contributed by atoms with Gasteiger partial charge in [-0.3, -0.25) is 0 Å². The highest BCUT2D eigenvalue weighted by molar-refractivity contribution is 7.26. The lowest BCUT2D eigenvalue weighted by Crippen LogP contribution is -2.00. The molecule has 6 heteroatoms. The first kappa shape index (κ1) is 32.3. The van der Waals surface area contributed by atoms with Gasteiger partial charge in [0.1, 0.15) is 0 Å². The molecule has 0 atom stereocenters. The zero-order chi connectivity index (χ0) is 37.5. The molecule has 0 aliphatic rings. The Morgan fingerprint density at radius 1 is 0.333 bits per heavy atom. The van der Waals surface area contributed by atoms with Crippen LogP contribution >= 0.6 is 22.7 Å². The van der Waals surface area contributed by atoms with Crippen LogP contribution in [-0.2, 0) is 0 Å². The van der Waals surface area contributed by atoms with Crippen LogP contribution in [0, 0.1) is 0 Å². The minimum Gasteiger partial charge on any atom is -0.309 e. The Morgan fingerprint density at radius 2 is 0.965 bits per heavy atom. The molecule has 0 saturated heterocycles. The highest BCUT2D eigenvalue weighted by atomic mass is 32.1. The van der Waals surface area contributed by atoms with E-state index in [1.165, 1.54) is 73.3 Å². The van der Waals surface area contributed by atoms with Crippen molar-refractivity contribution >= 4 is 84.8 Å². The number of para-hydroxylation sites is 2. The summed E-state index contributed by atoms with van der Waals surface area (Å²) in [6.45, 7) is 0. The molecule has 0 bridgehead atoms. The van der Waals surface area contributed by atoms with Crippen LogP contribution in [0.15, 0.2) is 182 Å². The molecule has 4 nitrogen and oxygen atoms in total. The van der Waals surface area contributed by atoms with Gasteiger partial charge in [-0.15, -0.1) is 22.7 Å². The van der Waals surface area contributed by atoms with Gasteiger partial charge in [-0.1, -0.05) is 121 Å². The molecule has 0 amide bonds. The summed E-state index contributed by atoms with van der Waals surface area (Å²) in [6, 6.07) is 64.9. The van der Waals surface area contributed by atoms with Crippen molar-refractivity contribution < 1.29 is 0 Å². The zero-order valence-electron chi connectivity index (χ0n) is 30.4. The molecule has 8 aromatic carbocycles. The van der Waals surface area contributed by atoms with Crippen LogP contribution in [-0.4, -0.2) is 19.5 Å². The summed E-state index contributed by atoms with van der Waals surface area (Å²) in [7, 11) is 0. The summed E-state index contributed by atoms with van der Waals surface area (Å²) in [4.78, 5) is 15.5. The molecule has 57 heavy (non-hydrogen) atoms. The Balaban J connectivity index is 1.01. The van der Waals surface area contributed by atoms with Gasteiger partial charge in [0.25, 0.3) is 0 Å². The molecule has 0 N–H and O–H groups in total. The summed E-state index contributed by atoms with van der Waals surface area (Å²) < 4.78 is 7.34. The third-order valence-electron chi connectivity index (χ3n) is 11.1.